The molecule has 2 N–H and O–H groups in total. The lowest BCUT2D eigenvalue weighted by Gasteiger charge is -2.04. The molecule has 7 heteroatoms. The summed E-state index contributed by atoms with van der Waals surface area (Å²) < 4.78 is 0. The van der Waals surface area contributed by atoms with Crippen molar-refractivity contribution in [1.82, 2.24) is 15.4 Å². The Kier molecular flexibility index (Phi) is 5.38. The maximum atomic E-state index is 12.2. The van der Waals surface area contributed by atoms with Crippen LogP contribution in [-0.4, -0.2) is 22.1 Å². The maximum Gasteiger partial charge on any atom is 0.346 e. The number of H-pyrrole nitrogens is 1. The summed E-state index contributed by atoms with van der Waals surface area (Å²) in [5.74, 6) is -0.0792. The molecule has 0 saturated heterocycles. The zero-order valence-corrected chi connectivity index (χ0v) is 15.2. The molecule has 0 aliphatic rings. The van der Waals surface area contributed by atoms with Crippen LogP contribution in [0.15, 0.2) is 57.7 Å². The van der Waals surface area contributed by atoms with Crippen molar-refractivity contribution in [3.8, 4) is 10.6 Å². The minimum absolute atomic E-state index is 0.0180. The molecule has 3 rings (SSSR count). The van der Waals surface area contributed by atoms with Gasteiger partial charge in [0.05, 0.1) is 16.8 Å². The molecular weight excluding hydrogens is 348 g/mol. The quantitative estimate of drug-likeness (QED) is 0.536. The van der Waals surface area contributed by atoms with E-state index >= 15 is 0 Å². The molecule has 26 heavy (non-hydrogen) atoms. The average Bonchev–Trinajstić information content (AvgIpc) is 3.16. The van der Waals surface area contributed by atoms with Gasteiger partial charge in [-0.2, -0.15) is 10.1 Å². The monoisotopic (exact) mass is 366 g/mol. The highest BCUT2D eigenvalue weighted by atomic mass is 32.1. The Morgan fingerprint density at radius 3 is 2.69 bits per heavy atom. The van der Waals surface area contributed by atoms with Gasteiger partial charge in [0.15, 0.2) is 0 Å². The van der Waals surface area contributed by atoms with Crippen molar-refractivity contribution in [1.29, 1.82) is 0 Å². The molecule has 0 bridgehead atoms. The van der Waals surface area contributed by atoms with Gasteiger partial charge in [-0.25, -0.2) is 10.2 Å². The smallest absolute Gasteiger partial charge is 0.305 e. The van der Waals surface area contributed by atoms with E-state index in [1.54, 1.807) is 6.21 Å². The van der Waals surface area contributed by atoms with Crippen LogP contribution in [0.5, 0.6) is 0 Å². The third-order valence-corrected chi connectivity index (χ3v) is 4.65. The minimum Gasteiger partial charge on any atom is -0.305 e. The molecule has 0 aliphatic heterocycles. The first-order chi connectivity index (χ1) is 12.5. The van der Waals surface area contributed by atoms with E-state index in [-0.39, 0.29) is 5.69 Å². The summed E-state index contributed by atoms with van der Waals surface area (Å²) in [7, 11) is 0. The first-order valence-corrected chi connectivity index (χ1v) is 8.99. The Bertz CT molecular complexity index is 974. The van der Waals surface area contributed by atoms with Crippen molar-refractivity contribution in [2.24, 2.45) is 5.10 Å². The van der Waals surface area contributed by atoms with Crippen molar-refractivity contribution in [2.45, 2.75) is 19.8 Å². The first kappa shape index (κ1) is 17.8. The van der Waals surface area contributed by atoms with Gasteiger partial charge < -0.3 is 4.98 Å². The Morgan fingerprint density at radius 1 is 1.27 bits per heavy atom. The van der Waals surface area contributed by atoms with Gasteiger partial charge in [-0.3, -0.25) is 4.79 Å². The topological polar surface area (TPSA) is 87.2 Å². The van der Waals surface area contributed by atoms with Gasteiger partial charge in [-0.15, -0.1) is 11.3 Å². The van der Waals surface area contributed by atoms with E-state index in [1.165, 1.54) is 23.0 Å². The van der Waals surface area contributed by atoms with Crippen molar-refractivity contribution >= 4 is 23.5 Å². The summed E-state index contributed by atoms with van der Waals surface area (Å²) >= 11 is 1.46. The summed E-state index contributed by atoms with van der Waals surface area (Å²) in [6.07, 6.45) is 1.55. The van der Waals surface area contributed by atoms with Gasteiger partial charge in [0, 0.05) is 0 Å². The van der Waals surface area contributed by atoms with Gasteiger partial charge in [0.1, 0.15) is 5.69 Å². The maximum absolute atomic E-state index is 12.2. The summed E-state index contributed by atoms with van der Waals surface area (Å²) in [5, 5.41) is 5.83. The number of rotatable bonds is 5. The van der Waals surface area contributed by atoms with Crippen LogP contribution < -0.4 is 11.1 Å². The number of hydrazone groups is 1. The fourth-order valence-corrected chi connectivity index (χ4v) is 3.03. The van der Waals surface area contributed by atoms with Crippen molar-refractivity contribution in [3.05, 3.63) is 75.1 Å². The van der Waals surface area contributed by atoms with Gasteiger partial charge in [0.2, 0.25) is 0 Å². The average molecular weight is 366 g/mol. The van der Waals surface area contributed by atoms with Crippen molar-refractivity contribution in [3.63, 3.8) is 0 Å². The molecule has 0 fully saturated rings. The zero-order valence-electron chi connectivity index (χ0n) is 14.4. The molecule has 1 amide bonds. The molecular formula is C19H18N4O2S. The number of aromatic nitrogens is 2. The summed E-state index contributed by atoms with van der Waals surface area (Å²) in [5.41, 5.74) is 4.51. The predicted molar refractivity (Wildman–Crippen MR) is 104 cm³/mol. The van der Waals surface area contributed by atoms with Crippen molar-refractivity contribution < 1.29 is 4.79 Å². The number of nitrogens with one attached hydrogen (secondary N) is 2. The Labute approximate surface area is 154 Å². The lowest BCUT2D eigenvalue weighted by molar-refractivity contribution is 0.0949. The number of hydrogen-bond acceptors (Lipinski definition) is 5. The number of carbonyl (C=O) groups is 1. The second-order valence-electron chi connectivity index (χ2n) is 5.98. The van der Waals surface area contributed by atoms with Crippen LogP contribution in [0.2, 0.25) is 0 Å². The molecule has 0 spiro atoms. The normalized spacial score (nSPS) is 11.2. The van der Waals surface area contributed by atoms with E-state index in [1.807, 2.05) is 41.8 Å². The van der Waals surface area contributed by atoms with Crippen molar-refractivity contribution in [2.75, 3.05) is 0 Å². The van der Waals surface area contributed by atoms with Crippen LogP contribution in [0.4, 0.5) is 0 Å². The Hall–Kier alpha value is -3.06. The van der Waals surface area contributed by atoms with Gasteiger partial charge in [-0.1, -0.05) is 44.2 Å². The SMILES string of the molecule is CC(C)c1ccc(/C=N/NC(=O)c2cc(-c3cccs3)[nH]c(=O)n2)cc1. The van der Waals surface area contributed by atoms with E-state index in [2.05, 4.69) is 34.3 Å². The number of nitrogens with zero attached hydrogens (tertiary/aromatic N) is 2. The highest BCUT2D eigenvalue weighted by molar-refractivity contribution is 7.13. The molecule has 0 atom stereocenters. The predicted octanol–water partition coefficient (Wildman–Crippen LogP) is 3.39. The summed E-state index contributed by atoms with van der Waals surface area (Å²) in [4.78, 5) is 31.1. The number of aromatic amines is 1. The van der Waals surface area contributed by atoms with Crippen LogP contribution in [-0.2, 0) is 0 Å². The zero-order chi connectivity index (χ0) is 18.5. The van der Waals surface area contributed by atoms with E-state index < -0.39 is 11.6 Å². The first-order valence-electron chi connectivity index (χ1n) is 8.11. The number of carbonyl (C=O) groups excluding carboxylic acids is 1. The second kappa shape index (κ2) is 7.88. The van der Waals surface area contributed by atoms with Gasteiger partial charge >= 0.3 is 5.69 Å². The highest BCUT2D eigenvalue weighted by Crippen LogP contribution is 2.21. The third-order valence-electron chi connectivity index (χ3n) is 3.75. The van der Waals surface area contributed by atoms with Crippen LogP contribution in [0.1, 0.15) is 41.4 Å². The van der Waals surface area contributed by atoms with E-state index in [0.29, 0.717) is 11.6 Å². The number of thiophene rings is 1. The van der Waals surface area contributed by atoms with Gasteiger partial charge in [-0.05, 0) is 34.6 Å². The van der Waals surface area contributed by atoms with E-state index in [9.17, 15) is 9.59 Å². The number of amides is 1. The van der Waals surface area contributed by atoms with Crippen LogP contribution in [0.25, 0.3) is 10.6 Å². The standard InChI is InChI=1S/C19H18N4O2S/c1-12(2)14-7-5-13(6-8-14)11-20-23-18(24)16-10-15(21-19(25)22-16)17-4-3-9-26-17/h3-12H,1-2H3,(H,23,24)(H,21,22,25)/b20-11+. The lowest BCUT2D eigenvalue weighted by Crippen LogP contribution is -2.24. The largest absolute Gasteiger partial charge is 0.346 e. The summed E-state index contributed by atoms with van der Waals surface area (Å²) in [6, 6.07) is 13.2. The number of hydrogen-bond donors (Lipinski definition) is 2. The molecule has 6 nitrogen and oxygen atoms in total. The minimum atomic E-state index is -0.575. The Morgan fingerprint density at radius 2 is 2.04 bits per heavy atom. The molecule has 1 aromatic carbocycles. The number of benzene rings is 1. The third kappa shape index (κ3) is 4.31. The Balaban J connectivity index is 1.71. The van der Waals surface area contributed by atoms with E-state index in [0.717, 1.165) is 10.4 Å². The highest BCUT2D eigenvalue weighted by Gasteiger charge is 2.11. The lowest BCUT2D eigenvalue weighted by atomic mass is 10.0. The molecule has 132 valence electrons. The molecule has 0 unspecified atom stereocenters. The molecule has 0 saturated carbocycles. The second-order valence-corrected chi connectivity index (χ2v) is 6.93. The van der Waals surface area contributed by atoms with Crippen LogP contribution >= 0.6 is 11.3 Å². The van der Waals surface area contributed by atoms with Crippen LogP contribution in [0, 0.1) is 0 Å². The molecule has 2 aromatic heterocycles. The van der Waals surface area contributed by atoms with E-state index in [4.69, 9.17) is 0 Å². The summed E-state index contributed by atoms with van der Waals surface area (Å²) in [6.45, 7) is 4.25. The molecule has 2 heterocycles. The fourth-order valence-electron chi connectivity index (χ4n) is 2.33. The van der Waals surface area contributed by atoms with Crippen LogP contribution in [0.3, 0.4) is 0 Å². The van der Waals surface area contributed by atoms with Gasteiger partial charge in [0.25, 0.3) is 5.91 Å². The molecule has 0 radical (unpaired) electrons. The fraction of sp³-hybridized carbons (Fsp3) is 0.158. The molecule has 3 aromatic rings. The molecule has 0 aliphatic carbocycles.